The predicted molar refractivity (Wildman–Crippen MR) is 92.6 cm³/mol. The minimum absolute atomic E-state index is 0.192. The quantitative estimate of drug-likeness (QED) is 0.801. The molecule has 24 heavy (non-hydrogen) atoms. The number of amides is 1. The molecule has 1 aromatic heterocycles. The van der Waals surface area contributed by atoms with Gasteiger partial charge in [0.2, 0.25) is 0 Å². The van der Waals surface area contributed by atoms with Crippen LogP contribution in [0.3, 0.4) is 0 Å². The Morgan fingerprint density at radius 2 is 2.04 bits per heavy atom. The highest BCUT2D eigenvalue weighted by Gasteiger charge is 2.23. The van der Waals surface area contributed by atoms with E-state index >= 15 is 0 Å². The van der Waals surface area contributed by atoms with Crippen LogP contribution in [0.15, 0.2) is 30.5 Å². The van der Waals surface area contributed by atoms with Crippen LogP contribution in [0.5, 0.6) is 0 Å². The van der Waals surface area contributed by atoms with Gasteiger partial charge >= 0.3 is 5.97 Å². The summed E-state index contributed by atoms with van der Waals surface area (Å²) in [6, 6.07) is 8.23. The van der Waals surface area contributed by atoms with E-state index in [2.05, 4.69) is 10.3 Å². The number of para-hydroxylation sites is 1. The molecule has 1 fully saturated rings. The second-order valence-corrected chi connectivity index (χ2v) is 6.48. The molecule has 1 unspecified atom stereocenters. The van der Waals surface area contributed by atoms with Gasteiger partial charge in [0.25, 0.3) is 5.91 Å². The predicted octanol–water partition coefficient (Wildman–Crippen LogP) is 3.09. The van der Waals surface area contributed by atoms with Gasteiger partial charge in [-0.3, -0.25) is 9.59 Å². The fraction of sp³-hybridized carbons (Fsp3) is 0.474. The van der Waals surface area contributed by atoms with E-state index in [0.29, 0.717) is 6.42 Å². The zero-order valence-electron chi connectivity index (χ0n) is 14.0. The molecule has 5 heteroatoms. The summed E-state index contributed by atoms with van der Waals surface area (Å²) in [5.74, 6) is -0.531. The van der Waals surface area contributed by atoms with Crippen molar-refractivity contribution in [2.75, 3.05) is 0 Å². The van der Waals surface area contributed by atoms with Crippen molar-refractivity contribution in [1.82, 2.24) is 10.3 Å². The molecule has 1 atom stereocenters. The summed E-state index contributed by atoms with van der Waals surface area (Å²) in [7, 11) is 0. The molecule has 0 spiro atoms. The summed E-state index contributed by atoms with van der Waals surface area (Å²) < 4.78 is 5.27. The van der Waals surface area contributed by atoms with E-state index in [0.717, 1.165) is 42.1 Å². The number of aryl methyl sites for hydroxylation is 1. The fourth-order valence-electron chi connectivity index (χ4n) is 3.27. The van der Waals surface area contributed by atoms with Crippen molar-refractivity contribution < 1.29 is 14.3 Å². The minimum atomic E-state index is -0.735. The molecule has 1 amide bonds. The van der Waals surface area contributed by atoms with Gasteiger partial charge in [-0.2, -0.15) is 0 Å². The molecule has 0 bridgehead atoms. The van der Waals surface area contributed by atoms with Crippen LogP contribution >= 0.6 is 0 Å². The Hall–Kier alpha value is -2.30. The van der Waals surface area contributed by atoms with Crippen LogP contribution in [0.25, 0.3) is 10.9 Å². The van der Waals surface area contributed by atoms with E-state index in [1.54, 1.807) is 6.92 Å². The third-order valence-corrected chi connectivity index (χ3v) is 4.65. The van der Waals surface area contributed by atoms with E-state index in [-0.39, 0.29) is 24.3 Å². The van der Waals surface area contributed by atoms with Crippen LogP contribution in [0.1, 0.15) is 44.6 Å². The number of rotatable bonds is 6. The standard InChI is InChI=1S/C19H24N2O3/c1-13(19(23)21-15-6-2-3-7-15)24-18(22)11-10-14-12-20-17-9-5-4-8-16(14)17/h4-5,8-9,12-13,15,20H,2-3,6-7,10-11H2,1H3,(H,21,23). The summed E-state index contributed by atoms with van der Waals surface area (Å²) in [6.45, 7) is 1.63. The highest BCUT2D eigenvalue weighted by molar-refractivity contribution is 5.85. The second kappa shape index (κ2) is 7.51. The number of carbonyl (C=O) groups excluding carboxylic acids is 2. The van der Waals surface area contributed by atoms with E-state index in [4.69, 9.17) is 4.74 Å². The van der Waals surface area contributed by atoms with Gasteiger partial charge in [-0.05, 0) is 37.8 Å². The Kier molecular flexibility index (Phi) is 5.18. The number of benzene rings is 1. The number of nitrogens with one attached hydrogen (secondary N) is 2. The maximum absolute atomic E-state index is 12.0. The first-order chi connectivity index (χ1) is 11.6. The van der Waals surface area contributed by atoms with Crippen molar-refractivity contribution in [3.05, 3.63) is 36.0 Å². The van der Waals surface area contributed by atoms with Crippen molar-refractivity contribution in [3.63, 3.8) is 0 Å². The minimum Gasteiger partial charge on any atom is -0.453 e. The van der Waals surface area contributed by atoms with Gasteiger partial charge in [0.1, 0.15) is 0 Å². The molecule has 0 saturated heterocycles. The highest BCUT2D eigenvalue weighted by atomic mass is 16.5. The number of fused-ring (bicyclic) bond motifs is 1. The van der Waals surface area contributed by atoms with Gasteiger partial charge in [-0.15, -0.1) is 0 Å². The molecule has 3 rings (SSSR count). The lowest BCUT2D eigenvalue weighted by Crippen LogP contribution is -2.40. The molecule has 5 nitrogen and oxygen atoms in total. The van der Waals surface area contributed by atoms with Crippen molar-refractivity contribution >= 4 is 22.8 Å². The monoisotopic (exact) mass is 328 g/mol. The summed E-state index contributed by atoms with van der Waals surface area (Å²) in [4.78, 5) is 27.3. The first-order valence-corrected chi connectivity index (χ1v) is 8.68. The normalized spacial score (nSPS) is 16.2. The van der Waals surface area contributed by atoms with Crippen molar-refractivity contribution in [3.8, 4) is 0 Å². The number of hydrogen-bond acceptors (Lipinski definition) is 3. The summed E-state index contributed by atoms with van der Waals surface area (Å²) in [6.07, 6.45) is 6.41. The lowest BCUT2D eigenvalue weighted by Gasteiger charge is -2.17. The summed E-state index contributed by atoms with van der Waals surface area (Å²) >= 11 is 0. The molecule has 1 aliphatic carbocycles. The second-order valence-electron chi connectivity index (χ2n) is 6.48. The van der Waals surface area contributed by atoms with Crippen molar-refractivity contribution in [2.24, 2.45) is 0 Å². The largest absolute Gasteiger partial charge is 0.453 e. The number of carbonyl (C=O) groups is 2. The van der Waals surface area contributed by atoms with E-state index < -0.39 is 6.10 Å². The van der Waals surface area contributed by atoms with Crippen LogP contribution in [0.2, 0.25) is 0 Å². The Morgan fingerprint density at radius 3 is 2.83 bits per heavy atom. The maximum Gasteiger partial charge on any atom is 0.306 e. The molecule has 0 aliphatic heterocycles. The smallest absolute Gasteiger partial charge is 0.306 e. The van der Waals surface area contributed by atoms with Gasteiger partial charge in [0.05, 0.1) is 0 Å². The molecule has 1 aromatic carbocycles. The molecule has 1 saturated carbocycles. The molecule has 2 N–H and O–H groups in total. The van der Waals surface area contributed by atoms with E-state index in [1.807, 2.05) is 30.5 Å². The fourth-order valence-corrected chi connectivity index (χ4v) is 3.27. The van der Waals surface area contributed by atoms with Crippen LogP contribution in [0, 0.1) is 0 Å². The van der Waals surface area contributed by atoms with E-state index in [1.165, 1.54) is 0 Å². The van der Waals surface area contributed by atoms with Gasteiger partial charge in [0.15, 0.2) is 6.10 Å². The average Bonchev–Trinajstić information content (AvgIpc) is 3.22. The maximum atomic E-state index is 12.0. The van der Waals surface area contributed by atoms with Gasteiger partial charge < -0.3 is 15.0 Å². The lowest BCUT2D eigenvalue weighted by molar-refractivity contribution is -0.155. The molecule has 128 valence electrons. The molecular weight excluding hydrogens is 304 g/mol. The average molecular weight is 328 g/mol. The van der Waals surface area contributed by atoms with Crippen LogP contribution in [-0.4, -0.2) is 29.0 Å². The third kappa shape index (κ3) is 3.96. The topological polar surface area (TPSA) is 71.2 Å². The lowest BCUT2D eigenvalue weighted by atomic mass is 10.1. The van der Waals surface area contributed by atoms with Crippen LogP contribution < -0.4 is 5.32 Å². The Morgan fingerprint density at radius 1 is 1.29 bits per heavy atom. The van der Waals surface area contributed by atoms with Gasteiger partial charge in [0, 0.05) is 29.6 Å². The number of H-pyrrole nitrogens is 1. The van der Waals surface area contributed by atoms with E-state index in [9.17, 15) is 9.59 Å². The molecule has 2 aromatic rings. The number of aromatic nitrogens is 1. The molecule has 1 heterocycles. The zero-order valence-corrected chi connectivity index (χ0v) is 14.0. The molecule has 1 aliphatic rings. The summed E-state index contributed by atoms with van der Waals surface area (Å²) in [5.41, 5.74) is 2.15. The Bertz CT molecular complexity index is 716. The third-order valence-electron chi connectivity index (χ3n) is 4.65. The number of hydrogen-bond donors (Lipinski definition) is 2. The van der Waals surface area contributed by atoms with Gasteiger partial charge in [-0.1, -0.05) is 31.0 Å². The number of esters is 1. The first-order valence-electron chi connectivity index (χ1n) is 8.68. The molecular formula is C19H24N2O3. The number of aromatic amines is 1. The van der Waals surface area contributed by atoms with Crippen LogP contribution in [0.4, 0.5) is 0 Å². The summed E-state index contributed by atoms with van der Waals surface area (Å²) in [5, 5.41) is 4.08. The van der Waals surface area contributed by atoms with Gasteiger partial charge in [-0.25, -0.2) is 0 Å². The molecule has 0 radical (unpaired) electrons. The van der Waals surface area contributed by atoms with Crippen molar-refractivity contribution in [2.45, 2.75) is 57.6 Å². The first kappa shape index (κ1) is 16.6. The Labute approximate surface area is 141 Å². The van der Waals surface area contributed by atoms with Crippen molar-refractivity contribution in [1.29, 1.82) is 0 Å². The Balaban J connectivity index is 1.47. The highest BCUT2D eigenvalue weighted by Crippen LogP contribution is 2.20. The number of ether oxygens (including phenoxy) is 1. The van der Waals surface area contributed by atoms with Crippen LogP contribution in [-0.2, 0) is 20.7 Å². The zero-order chi connectivity index (χ0) is 16.9. The SMILES string of the molecule is CC(OC(=O)CCc1c[nH]c2ccccc12)C(=O)NC1CCCC1.